The highest BCUT2D eigenvalue weighted by Crippen LogP contribution is 2.12. The van der Waals surface area contributed by atoms with Gasteiger partial charge in [0.05, 0.1) is 0 Å². The van der Waals surface area contributed by atoms with Crippen LogP contribution in [0.5, 0.6) is 0 Å². The molecule has 0 aromatic rings. The van der Waals surface area contributed by atoms with Gasteiger partial charge in [0.15, 0.2) is 0 Å². The number of aliphatic imine (C=N–C) groups is 1. The van der Waals surface area contributed by atoms with Gasteiger partial charge < -0.3 is 0 Å². The molecule has 0 spiro atoms. The van der Waals surface area contributed by atoms with E-state index in [4.69, 9.17) is 0 Å². The van der Waals surface area contributed by atoms with E-state index < -0.39 is 5.95 Å². The van der Waals surface area contributed by atoms with Crippen molar-refractivity contribution in [1.82, 2.24) is 0 Å². The SMILES string of the molecule is C=N/C(F)=C(/C)C(=C)C. The quantitative estimate of drug-likeness (QED) is 0.307. The van der Waals surface area contributed by atoms with Crippen molar-refractivity contribution in [2.75, 3.05) is 0 Å². The smallest absolute Gasteiger partial charge is 0.215 e. The Morgan fingerprint density at radius 2 is 1.89 bits per heavy atom. The van der Waals surface area contributed by atoms with Crippen LogP contribution < -0.4 is 0 Å². The molecule has 50 valence electrons. The molecule has 0 heterocycles. The first-order valence-electron chi connectivity index (χ1n) is 2.58. The van der Waals surface area contributed by atoms with Gasteiger partial charge in [-0.1, -0.05) is 12.2 Å². The summed E-state index contributed by atoms with van der Waals surface area (Å²) in [4.78, 5) is 3.11. The zero-order valence-corrected chi connectivity index (χ0v) is 5.74. The minimum absolute atomic E-state index is 0.463. The number of halogens is 1. The van der Waals surface area contributed by atoms with E-state index >= 15 is 0 Å². The first-order valence-corrected chi connectivity index (χ1v) is 2.58. The Balaban J connectivity index is 4.47. The summed E-state index contributed by atoms with van der Waals surface area (Å²) in [6.45, 7) is 9.92. The highest BCUT2D eigenvalue weighted by molar-refractivity contribution is 5.33. The summed E-state index contributed by atoms with van der Waals surface area (Å²) in [5, 5.41) is 0. The summed E-state index contributed by atoms with van der Waals surface area (Å²) < 4.78 is 12.4. The van der Waals surface area contributed by atoms with E-state index in [1.807, 2.05) is 0 Å². The molecule has 0 rings (SSSR count). The predicted molar refractivity (Wildman–Crippen MR) is 38.2 cm³/mol. The van der Waals surface area contributed by atoms with Crippen LogP contribution >= 0.6 is 0 Å². The van der Waals surface area contributed by atoms with Gasteiger partial charge in [-0.2, -0.15) is 4.39 Å². The lowest BCUT2D eigenvalue weighted by atomic mass is 10.2. The van der Waals surface area contributed by atoms with Crippen LogP contribution in [0.1, 0.15) is 13.8 Å². The first-order chi connectivity index (χ1) is 4.09. The fourth-order valence-corrected chi connectivity index (χ4v) is 0.295. The third kappa shape index (κ3) is 2.22. The molecule has 0 saturated carbocycles. The zero-order chi connectivity index (χ0) is 7.44. The lowest BCUT2D eigenvalue weighted by molar-refractivity contribution is 0.619. The Labute approximate surface area is 54.6 Å². The van der Waals surface area contributed by atoms with Crippen molar-refractivity contribution in [2.45, 2.75) is 13.8 Å². The van der Waals surface area contributed by atoms with Crippen LogP contribution in [0.25, 0.3) is 0 Å². The molecule has 1 nitrogen and oxygen atoms in total. The van der Waals surface area contributed by atoms with Gasteiger partial charge in [-0.25, -0.2) is 4.99 Å². The topological polar surface area (TPSA) is 12.4 Å². The van der Waals surface area contributed by atoms with Crippen molar-refractivity contribution >= 4 is 6.72 Å². The van der Waals surface area contributed by atoms with Crippen molar-refractivity contribution in [3.05, 3.63) is 23.7 Å². The zero-order valence-electron chi connectivity index (χ0n) is 5.74. The van der Waals surface area contributed by atoms with Crippen molar-refractivity contribution < 1.29 is 4.39 Å². The van der Waals surface area contributed by atoms with Gasteiger partial charge in [0.2, 0.25) is 5.95 Å². The second-order valence-corrected chi connectivity index (χ2v) is 1.85. The van der Waals surface area contributed by atoms with Gasteiger partial charge in [0.25, 0.3) is 0 Å². The number of rotatable bonds is 2. The maximum Gasteiger partial charge on any atom is 0.215 e. The summed E-state index contributed by atoms with van der Waals surface area (Å²) in [6.07, 6.45) is 0. The largest absolute Gasteiger partial charge is 0.236 e. The third-order valence-corrected chi connectivity index (χ3v) is 1.09. The summed E-state index contributed by atoms with van der Waals surface area (Å²) in [5.74, 6) is -0.539. The van der Waals surface area contributed by atoms with Crippen LogP contribution in [0.2, 0.25) is 0 Å². The van der Waals surface area contributed by atoms with E-state index in [0.29, 0.717) is 11.1 Å². The van der Waals surface area contributed by atoms with Crippen molar-refractivity contribution in [1.29, 1.82) is 0 Å². The molecular weight excluding hydrogens is 117 g/mol. The molecule has 0 N–H and O–H groups in total. The maximum atomic E-state index is 12.4. The van der Waals surface area contributed by atoms with Crippen LogP contribution in [-0.4, -0.2) is 6.72 Å². The molecular formula is C7H10FN. The van der Waals surface area contributed by atoms with Crippen LogP contribution in [0.4, 0.5) is 4.39 Å². The fourth-order valence-electron chi connectivity index (χ4n) is 0.295. The second-order valence-electron chi connectivity index (χ2n) is 1.85. The van der Waals surface area contributed by atoms with Gasteiger partial charge >= 0.3 is 0 Å². The van der Waals surface area contributed by atoms with E-state index in [-0.39, 0.29) is 0 Å². The van der Waals surface area contributed by atoms with Gasteiger partial charge in [-0.05, 0) is 20.6 Å². The lowest BCUT2D eigenvalue weighted by Gasteiger charge is -1.95. The van der Waals surface area contributed by atoms with Crippen molar-refractivity contribution in [3.8, 4) is 0 Å². The molecule has 0 fully saturated rings. The molecule has 0 saturated heterocycles. The summed E-state index contributed by atoms with van der Waals surface area (Å²) in [7, 11) is 0. The van der Waals surface area contributed by atoms with Crippen LogP contribution in [0, 0.1) is 0 Å². The van der Waals surface area contributed by atoms with Crippen LogP contribution in [0.3, 0.4) is 0 Å². The Morgan fingerprint density at radius 1 is 1.44 bits per heavy atom. The molecule has 0 aliphatic carbocycles. The summed E-state index contributed by atoms with van der Waals surface area (Å²) >= 11 is 0. The fraction of sp³-hybridized carbons (Fsp3) is 0.286. The monoisotopic (exact) mass is 127 g/mol. The lowest BCUT2D eigenvalue weighted by Crippen LogP contribution is -1.79. The molecule has 0 bridgehead atoms. The number of allylic oxidation sites excluding steroid dienone is 2. The number of hydrogen-bond donors (Lipinski definition) is 0. The summed E-state index contributed by atoms with van der Waals surface area (Å²) in [5.41, 5.74) is 1.14. The highest BCUT2D eigenvalue weighted by atomic mass is 19.1. The predicted octanol–water partition coefficient (Wildman–Crippen LogP) is 2.46. The van der Waals surface area contributed by atoms with Gasteiger partial charge in [-0.15, -0.1) is 0 Å². The molecule has 0 radical (unpaired) electrons. The van der Waals surface area contributed by atoms with Crippen molar-refractivity contribution in [2.24, 2.45) is 4.99 Å². The van der Waals surface area contributed by atoms with E-state index in [2.05, 4.69) is 18.3 Å². The standard InChI is InChI=1S/C7H10FN/c1-5(2)6(3)7(8)9-4/h1,4H2,2-3H3/b7-6-. The van der Waals surface area contributed by atoms with Crippen molar-refractivity contribution in [3.63, 3.8) is 0 Å². The Morgan fingerprint density at radius 3 is 2.00 bits per heavy atom. The molecule has 0 unspecified atom stereocenters. The van der Waals surface area contributed by atoms with E-state index in [1.54, 1.807) is 13.8 Å². The number of nitrogens with zero attached hydrogens (tertiary/aromatic N) is 1. The Kier molecular flexibility index (Phi) is 2.85. The first kappa shape index (κ1) is 8.08. The minimum Gasteiger partial charge on any atom is -0.236 e. The van der Waals surface area contributed by atoms with E-state index in [0.717, 1.165) is 0 Å². The molecule has 0 amide bonds. The molecule has 0 aliphatic heterocycles. The molecule has 0 aromatic carbocycles. The van der Waals surface area contributed by atoms with E-state index in [9.17, 15) is 4.39 Å². The molecule has 0 atom stereocenters. The Bertz CT molecular complexity index is 168. The van der Waals surface area contributed by atoms with Crippen LogP contribution in [-0.2, 0) is 0 Å². The average molecular weight is 127 g/mol. The molecule has 0 aromatic heterocycles. The van der Waals surface area contributed by atoms with Gasteiger partial charge in [0.1, 0.15) is 0 Å². The second kappa shape index (κ2) is 3.17. The van der Waals surface area contributed by atoms with Crippen LogP contribution in [0.15, 0.2) is 28.7 Å². The summed E-state index contributed by atoms with van der Waals surface area (Å²) in [6, 6.07) is 0. The Hall–Kier alpha value is -0.920. The van der Waals surface area contributed by atoms with E-state index in [1.165, 1.54) is 0 Å². The third-order valence-electron chi connectivity index (χ3n) is 1.09. The number of hydrogen-bond acceptors (Lipinski definition) is 1. The van der Waals surface area contributed by atoms with Gasteiger partial charge in [0, 0.05) is 5.57 Å². The normalized spacial score (nSPS) is 12.3. The average Bonchev–Trinajstić information content (AvgIpc) is 1.84. The van der Waals surface area contributed by atoms with Gasteiger partial charge in [-0.3, -0.25) is 0 Å². The highest BCUT2D eigenvalue weighted by Gasteiger charge is 1.96. The maximum absolute atomic E-state index is 12.4. The molecule has 2 heteroatoms. The minimum atomic E-state index is -0.539. The molecule has 9 heavy (non-hydrogen) atoms. The molecule has 0 aliphatic rings.